The Kier molecular flexibility index (Phi) is 6.40. The number of piperidine rings is 1. The molecule has 1 fully saturated rings. The van der Waals surface area contributed by atoms with Gasteiger partial charge in [0.2, 0.25) is 0 Å². The fourth-order valence-corrected chi connectivity index (χ4v) is 2.69. The summed E-state index contributed by atoms with van der Waals surface area (Å²) in [7, 11) is 0. The SMILES string of the molecule is CC1CC(NC(=O)c2ccc(Cl)cc2Cl)CCN1.Cl. The first-order chi connectivity index (χ1) is 8.56. The molecule has 1 aromatic carbocycles. The summed E-state index contributed by atoms with van der Waals surface area (Å²) in [5.41, 5.74) is 0.479. The number of halogens is 3. The summed E-state index contributed by atoms with van der Waals surface area (Å²) in [5.74, 6) is -0.129. The number of nitrogens with one attached hydrogen (secondary N) is 2. The van der Waals surface area contributed by atoms with Crippen molar-refractivity contribution in [3.8, 4) is 0 Å². The predicted octanol–water partition coefficient (Wildman–Crippen LogP) is 3.29. The maximum Gasteiger partial charge on any atom is 0.253 e. The van der Waals surface area contributed by atoms with Crippen molar-refractivity contribution >= 4 is 41.5 Å². The van der Waals surface area contributed by atoms with Crippen LogP contribution in [0.5, 0.6) is 0 Å². The summed E-state index contributed by atoms with van der Waals surface area (Å²) in [4.78, 5) is 12.1. The highest BCUT2D eigenvalue weighted by molar-refractivity contribution is 6.36. The molecular formula is C13H17Cl3N2O. The molecule has 1 saturated heterocycles. The summed E-state index contributed by atoms with van der Waals surface area (Å²) in [5, 5.41) is 7.29. The predicted molar refractivity (Wildman–Crippen MR) is 81.7 cm³/mol. The Labute approximate surface area is 129 Å². The van der Waals surface area contributed by atoms with Crippen LogP contribution in [0, 0.1) is 0 Å². The lowest BCUT2D eigenvalue weighted by molar-refractivity contribution is 0.0926. The van der Waals surface area contributed by atoms with E-state index in [1.165, 1.54) is 0 Å². The van der Waals surface area contributed by atoms with Crippen molar-refractivity contribution in [2.45, 2.75) is 31.8 Å². The first-order valence-corrected chi connectivity index (χ1v) is 6.81. The molecule has 1 aromatic rings. The molecule has 6 heteroatoms. The molecule has 2 N–H and O–H groups in total. The van der Waals surface area contributed by atoms with Gasteiger partial charge in [-0.3, -0.25) is 4.79 Å². The molecular weight excluding hydrogens is 307 g/mol. The second kappa shape index (κ2) is 7.34. The van der Waals surface area contributed by atoms with E-state index in [2.05, 4.69) is 17.6 Å². The molecule has 2 rings (SSSR count). The molecule has 1 aliphatic heterocycles. The molecule has 0 spiro atoms. The molecule has 0 aromatic heterocycles. The standard InChI is InChI=1S/C13H16Cl2N2O.ClH/c1-8-6-10(4-5-16-8)17-13(18)11-3-2-9(14)7-12(11)15;/h2-3,7-8,10,16H,4-6H2,1H3,(H,17,18);1H. The van der Waals surface area contributed by atoms with Crippen LogP contribution in [-0.2, 0) is 0 Å². The van der Waals surface area contributed by atoms with Gasteiger partial charge in [0.05, 0.1) is 10.6 Å². The first kappa shape index (κ1) is 16.6. The van der Waals surface area contributed by atoms with Gasteiger partial charge in [-0.1, -0.05) is 23.2 Å². The molecule has 0 radical (unpaired) electrons. The molecule has 1 heterocycles. The van der Waals surface area contributed by atoms with Crippen LogP contribution in [0.15, 0.2) is 18.2 Å². The minimum absolute atomic E-state index is 0. The van der Waals surface area contributed by atoms with Crippen LogP contribution in [0.4, 0.5) is 0 Å². The molecule has 2 unspecified atom stereocenters. The normalized spacial score (nSPS) is 22.5. The van der Waals surface area contributed by atoms with Gasteiger partial charge in [-0.25, -0.2) is 0 Å². The van der Waals surface area contributed by atoms with Gasteiger partial charge >= 0.3 is 0 Å². The van der Waals surface area contributed by atoms with Gasteiger partial charge in [0.15, 0.2) is 0 Å². The summed E-state index contributed by atoms with van der Waals surface area (Å²) in [6.45, 7) is 3.05. The van der Waals surface area contributed by atoms with Crippen molar-refractivity contribution in [1.29, 1.82) is 0 Å². The van der Waals surface area contributed by atoms with Gasteiger partial charge in [0, 0.05) is 17.1 Å². The van der Waals surface area contributed by atoms with E-state index < -0.39 is 0 Å². The van der Waals surface area contributed by atoms with Gasteiger partial charge in [0.1, 0.15) is 0 Å². The largest absolute Gasteiger partial charge is 0.349 e. The zero-order chi connectivity index (χ0) is 13.1. The minimum atomic E-state index is -0.129. The van der Waals surface area contributed by atoms with Crippen molar-refractivity contribution in [1.82, 2.24) is 10.6 Å². The molecule has 106 valence electrons. The monoisotopic (exact) mass is 322 g/mol. The van der Waals surface area contributed by atoms with E-state index in [9.17, 15) is 4.79 Å². The van der Waals surface area contributed by atoms with Crippen LogP contribution in [0.3, 0.4) is 0 Å². The molecule has 2 atom stereocenters. The van der Waals surface area contributed by atoms with E-state index in [0.717, 1.165) is 19.4 Å². The Hall–Kier alpha value is -0.480. The highest BCUT2D eigenvalue weighted by Gasteiger charge is 2.21. The molecule has 0 saturated carbocycles. The quantitative estimate of drug-likeness (QED) is 0.877. The number of hydrogen-bond donors (Lipinski definition) is 2. The molecule has 3 nitrogen and oxygen atoms in total. The zero-order valence-electron chi connectivity index (χ0n) is 10.6. The van der Waals surface area contributed by atoms with E-state index in [4.69, 9.17) is 23.2 Å². The maximum atomic E-state index is 12.1. The van der Waals surface area contributed by atoms with E-state index in [1.807, 2.05) is 0 Å². The second-order valence-electron chi connectivity index (χ2n) is 4.67. The summed E-state index contributed by atoms with van der Waals surface area (Å²) in [6, 6.07) is 5.56. The van der Waals surface area contributed by atoms with Crippen molar-refractivity contribution in [3.63, 3.8) is 0 Å². The summed E-state index contributed by atoms with van der Waals surface area (Å²) >= 11 is 11.8. The number of carbonyl (C=O) groups is 1. The summed E-state index contributed by atoms with van der Waals surface area (Å²) < 4.78 is 0. The molecule has 0 aliphatic carbocycles. The van der Waals surface area contributed by atoms with Crippen LogP contribution in [0.1, 0.15) is 30.1 Å². The third-order valence-corrected chi connectivity index (χ3v) is 3.68. The number of carbonyl (C=O) groups excluding carboxylic acids is 1. The number of rotatable bonds is 2. The second-order valence-corrected chi connectivity index (χ2v) is 5.52. The van der Waals surface area contributed by atoms with E-state index in [0.29, 0.717) is 21.7 Å². The van der Waals surface area contributed by atoms with Crippen LogP contribution < -0.4 is 10.6 Å². The average Bonchev–Trinajstić information content (AvgIpc) is 2.28. The van der Waals surface area contributed by atoms with E-state index >= 15 is 0 Å². The fourth-order valence-electron chi connectivity index (χ4n) is 2.20. The molecule has 19 heavy (non-hydrogen) atoms. The van der Waals surface area contributed by atoms with Gasteiger partial charge in [-0.15, -0.1) is 12.4 Å². The van der Waals surface area contributed by atoms with Gasteiger partial charge < -0.3 is 10.6 Å². The van der Waals surface area contributed by atoms with Crippen molar-refractivity contribution in [3.05, 3.63) is 33.8 Å². The number of hydrogen-bond acceptors (Lipinski definition) is 2. The van der Waals surface area contributed by atoms with Crippen LogP contribution in [-0.4, -0.2) is 24.5 Å². The highest BCUT2D eigenvalue weighted by atomic mass is 35.5. The fraction of sp³-hybridized carbons (Fsp3) is 0.462. The lowest BCUT2D eigenvalue weighted by atomic mass is 10.0. The smallest absolute Gasteiger partial charge is 0.253 e. The van der Waals surface area contributed by atoms with Crippen LogP contribution >= 0.6 is 35.6 Å². The maximum absolute atomic E-state index is 12.1. The Balaban J connectivity index is 0.00000180. The van der Waals surface area contributed by atoms with Crippen LogP contribution in [0.2, 0.25) is 10.0 Å². The van der Waals surface area contributed by atoms with Gasteiger partial charge in [-0.2, -0.15) is 0 Å². The van der Waals surface area contributed by atoms with Crippen LogP contribution in [0.25, 0.3) is 0 Å². The summed E-state index contributed by atoms with van der Waals surface area (Å²) in [6.07, 6.45) is 1.89. The average molecular weight is 324 g/mol. The van der Waals surface area contributed by atoms with Crippen molar-refractivity contribution < 1.29 is 4.79 Å². The Bertz CT molecular complexity index is 454. The third-order valence-electron chi connectivity index (χ3n) is 3.13. The Morgan fingerprint density at radius 1 is 1.42 bits per heavy atom. The zero-order valence-corrected chi connectivity index (χ0v) is 12.9. The Morgan fingerprint density at radius 3 is 2.79 bits per heavy atom. The molecule has 1 aliphatic rings. The lowest BCUT2D eigenvalue weighted by Crippen LogP contribution is -2.46. The van der Waals surface area contributed by atoms with Crippen molar-refractivity contribution in [2.75, 3.05) is 6.54 Å². The number of benzene rings is 1. The molecule has 0 bridgehead atoms. The first-order valence-electron chi connectivity index (χ1n) is 6.05. The topological polar surface area (TPSA) is 41.1 Å². The van der Waals surface area contributed by atoms with Gasteiger partial charge in [-0.05, 0) is 44.5 Å². The van der Waals surface area contributed by atoms with E-state index in [1.54, 1.807) is 18.2 Å². The van der Waals surface area contributed by atoms with Gasteiger partial charge in [0.25, 0.3) is 5.91 Å². The van der Waals surface area contributed by atoms with Crippen molar-refractivity contribution in [2.24, 2.45) is 0 Å². The van der Waals surface area contributed by atoms with E-state index in [-0.39, 0.29) is 24.4 Å². The minimum Gasteiger partial charge on any atom is -0.349 e. The third kappa shape index (κ3) is 4.53. The number of amides is 1. The molecule has 1 amide bonds. The highest BCUT2D eigenvalue weighted by Crippen LogP contribution is 2.21. The Morgan fingerprint density at radius 2 is 2.16 bits per heavy atom. The lowest BCUT2D eigenvalue weighted by Gasteiger charge is -2.28.